The number of nitrogens with one attached hydrogen (secondary N) is 1. The van der Waals surface area contributed by atoms with Crippen molar-refractivity contribution in [2.45, 2.75) is 18.4 Å². The number of amides is 1. The summed E-state index contributed by atoms with van der Waals surface area (Å²) in [7, 11) is 0.593. The molecule has 0 unspecified atom stereocenters. The number of benzene rings is 2. The zero-order chi connectivity index (χ0) is 17.9. The van der Waals surface area contributed by atoms with Crippen LogP contribution < -0.4 is 10.2 Å². The molecule has 1 N–H and O–H groups in total. The van der Waals surface area contributed by atoms with Crippen molar-refractivity contribution in [1.82, 2.24) is 5.32 Å². The van der Waals surface area contributed by atoms with Crippen molar-refractivity contribution >= 4 is 21.4 Å². The van der Waals surface area contributed by atoms with E-state index < -0.39 is 9.84 Å². The molecule has 2 rings (SSSR count). The molecule has 24 heavy (non-hydrogen) atoms. The predicted molar refractivity (Wildman–Crippen MR) is 96.2 cm³/mol. The van der Waals surface area contributed by atoms with Crippen molar-refractivity contribution < 1.29 is 13.2 Å². The predicted octanol–water partition coefficient (Wildman–Crippen LogP) is 2.39. The number of rotatable bonds is 5. The Bertz CT molecular complexity index is 841. The molecular weight excluding hydrogens is 324 g/mol. The summed E-state index contributed by atoms with van der Waals surface area (Å²) in [5.74, 6) is -0.283. The Morgan fingerprint density at radius 1 is 1.08 bits per heavy atom. The van der Waals surface area contributed by atoms with Gasteiger partial charge in [0.05, 0.1) is 4.90 Å². The second-order valence-electron chi connectivity index (χ2n) is 5.99. The van der Waals surface area contributed by atoms with Gasteiger partial charge in [0.25, 0.3) is 5.91 Å². The molecule has 0 aliphatic rings. The zero-order valence-electron chi connectivity index (χ0n) is 14.3. The van der Waals surface area contributed by atoms with Crippen LogP contribution in [0.25, 0.3) is 0 Å². The first-order valence-electron chi connectivity index (χ1n) is 7.53. The molecular formula is C18H22N2O3S. The van der Waals surface area contributed by atoms with Crippen LogP contribution in [-0.4, -0.2) is 34.7 Å². The standard InChI is InChI=1S/C18H22N2O3S/c1-13-5-10-16(24(4,22)23)11-17(13)18(21)19-12-14-6-8-15(9-7-14)20(2)3/h5-11H,12H2,1-4H3,(H,19,21). The number of hydrogen-bond donors (Lipinski definition) is 1. The maximum atomic E-state index is 12.4. The van der Waals surface area contributed by atoms with Crippen molar-refractivity contribution in [1.29, 1.82) is 0 Å². The van der Waals surface area contributed by atoms with Crippen LogP contribution in [0, 0.1) is 6.92 Å². The van der Waals surface area contributed by atoms with E-state index in [2.05, 4.69) is 5.32 Å². The number of carbonyl (C=O) groups excluding carboxylic acids is 1. The monoisotopic (exact) mass is 346 g/mol. The number of hydrogen-bond acceptors (Lipinski definition) is 4. The molecule has 0 bridgehead atoms. The van der Waals surface area contributed by atoms with Crippen LogP contribution in [0.2, 0.25) is 0 Å². The Kier molecular flexibility index (Phi) is 5.29. The van der Waals surface area contributed by atoms with Crippen LogP contribution in [0.4, 0.5) is 5.69 Å². The van der Waals surface area contributed by atoms with E-state index >= 15 is 0 Å². The zero-order valence-corrected chi connectivity index (χ0v) is 15.1. The average Bonchev–Trinajstić information content (AvgIpc) is 2.52. The van der Waals surface area contributed by atoms with E-state index in [1.807, 2.05) is 43.3 Å². The van der Waals surface area contributed by atoms with Crippen molar-refractivity contribution in [3.63, 3.8) is 0 Å². The summed E-state index contributed by atoms with van der Waals surface area (Å²) in [6.45, 7) is 2.17. The highest BCUT2D eigenvalue weighted by molar-refractivity contribution is 7.90. The lowest BCUT2D eigenvalue weighted by atomic mass is 10.1. The lowest BCUT2D eigenvalue weighted by Gasteiger charge is -2.13. The normalized spacial score (nSPS) is 11.2. The molecule has 0 saturated heterocycles. The highest BCUT2D eigenvalue weighted by Gasteiger charge is 2.14. The van der Waals surface area contributed by atoms with Crippen LogP contribution in [-0.2, 0) is 16.4 Å². The molecule has 1 amide bonds. The fourth-order valence-corrected chi connectivity index (χ4v) is 2.91. The first-order valence-corrected chi connectivity index (χ1v) is 9.43. The average molecular weight is 346 g/mol. The fraction of sp³-hybridized carbons (Fsp3) is 0.278. The lowest BCUT2D eigenvalue weighted by molar-refractivity contribution is 0.0950. The van der Waals surface area contributed by atoms with Crippen molar-refractivity contribution in [2.75, 3.05) is 25.3 Å². The van der Waals surface area contributed by atoms with Gasteiger partial charge in [0.2, 0.25) is 0 Å². The van der Waals surface area contributed by atoms with Crippen LogP contribution in [0.3, 0.4) is 0 Å². The van der Waals surface area contributed by atoms with Gasteiger partial charge in [-0.05, 0) is 42.3 Å². The highest BCUT2D eigenvalue weighted by atomic mass is 32.2. The molecule has 0 atom stereocenters. The number of carbonyl (C=O) groups is 1. The van der Waals surface area contributed by atoms with Gasteiger partial charge in [-0.15, -0.1) is 0 Å². The summed E-state index contributed by atoms with van der Waals surface area (Å²) < 4.78 is 23.3. The minimum absolute atomic E-state index is 0.147. The van der Waals surface area contributed by atoms with Crippen LogP contribution in [0.5, 0.6) is 0 Å². The SMILES string of the molecule is Cc1ccc(S(C)(=O)=O)cc1C(=O)NCc1ccc(N(C)C)cc1. The molecule has 5 nitrogen and oxygen atoms in total. The Balaban J connectivity index is 2.12. The second-order valence-corrected chi connectivity index (χ2v) is 8.01. The van der Waals surface area contributed by atoms with Crippen LogP contribution in [0.15, 0.2) is 47.4 Å². The van der Waals surface area contributed by atoms with Gasteiger partial charge in [-0.2, -0.15) is 0 Å². The third-order valence-electron chi connectivity index (χ3n) is 3.79. The Hall–Kier alpha value is -2.34. The van der Waals surface area contributed by atoms with Gasteiger partial charge in [-0.3, -0.25) is 4.79 Å². The van der Waals surface area contributed by atoms with E-state index in [0.717, 1.165) is 23.1 Å². The largest absolute Gasteiger partial charge is 0.378 e. The van der Waals surface area contributed by atoms with E-state index in [1.54, 1.807) is 13.0 Å². The van der Waals surface area contributed by atoms with Crippen molar-refractivity contribution in [2.24, 2.45) is 0 Å². The smallest absolute Gasteiger partial charge is 0.251 e. The molecule has 128 valence electrons. The maximum absolute atomic E-state index is 12.4. The molecule has 2 aromatic carbocycles. The minimum atomic E-state index is -3.34. The summed E-state index contributed by atoms with van der Waals surface area (Å²) in [6, 6.07) is 12.5. The first-order chi connectivity index (χ1) is 11.2. The molecule has 6 heteroatoms. The summed E-state index contributed by atoms with van der Waals surface area (Å²) in [6.07, 6.45) is 1.13. The molecule has 0 heterocycles. The van der Waals surface area contributed by atoms with Crippen molar-refractivity contribution in [3.8, 4) is 0 Å². The van der Waals surface area contributed by atoms with E-state index in [1.165, 1.54) is 12.1 Å². The topological polar surface area (TPSA) is 66.5 Å². The van der Waals surface area contributed by atoms with Gasteiger partial charge >= 0.3 is 0 Å². The van der Waals surface area contributed by atoms with E-state index in [4.69, 9.17) is 0 Å². The Labute approximate surface area is 143 Å². The van der Waals surface area contributed by atoms with E-state index in [-0.39, 0.29) is 10.8 Å². The first kappa shape index (κ1) is 18.0. The molecule has 0 aliphatic heterocycles. The molecule has 0 spiro atoms. The number of nitrogens with zero attached hydrogens (tertiary/aromatic N) is 1. The summed E-state index contributed by atoms with van der Waals surface area (Å²) in [5, 5.41) is 2.84. The van der Waals surface area contributed by atoms with Gasteiger partial charge < -0.3 is 10.2 Å². The van der Waals surface area contributed by atoms with Gasteiger partial charge in [-0.25, -0.2) is 8.42 Å². The number of sulfone groups is 1. The minimum Gasteiger partial charge on any atom is -0.378 e. The molecule has 0 aliphatic carbocycles. The van der Waals surface area contributed by atoms with Gasteiger partial charge in [-0.1, -0.05) is 18.2 Å². The summed E-state index contributed by atoms with van der Waals surface area (Å²) >= 11 is 0. The van der Waals surface area contributed by atoms with Crippen LogP contribution >= 0.6 is 0 Å². The number of anilines is 1. The Morgan fingerprint density at radius 2 is 1.71 bits per heavy atom. The van der Waals surface area contributed by atoms with E-state index in [9.17, 15) is 13.2 Å². The van der Waals surface area contributed by atoms with Crippen molar-refractivity contribution in [3.05, 3.63) is 59.2 Å². The maximum Gasteiger partial charge on any atom is 0.251 e. The molecule has 2 aromatic rings. The fourth-order valence-electron chi connectivity index (χ4n) is 2.27. The van der Waals surface area contributed by atoms with Crippen LogP contribution in [0.1, 0.15) is 21.5 Å². The van der Waals surface area contributed by atoms with Gasteiger partial charge in [0.1, 0.15) is 0 Å². The second kappa shape index (κ2) is 7.05. The highest BCUT2D eigenvalue weighted by Crippen LogP contribution is 2.16. The summed E-state index contributed by atoms with van der Waals surface area (Å²) in [4.78, 5) is 14.5. The Morgan fingerprint density at radius 3 is 2.25 bits per heavy atom. The molecule has 0 radical (unpaired) electrons. The molecule has 0 aromatic heterocycles. The third-order valence-corrected chi connectivity index (χ3v) is 4.90. The van der Waals surface area contributed by atoms with Gasteiger partial charge in [0, 0.05) is 38.1 Å². The summed E-state index contributed by atoms with van der Waals surface area (Å²) in [5.41, 5.74) is 3.18. The number of aryl methyl sites for hydroxylation is 1. The van der Waals surface area contributed by atoms with Gasteiger partial charge in [0.15, 0.2) is 9.84 Å². The quantitative estimate of drug-likeness (QED) is 0.903. The third kappa shape index (κ3) is 4.35. The molecule has 0 fully saturated rings. The molecule has 0 saturated carbocycles. The van der Waals surface area contributed by atoms with E-state index in [0.29, 0.717) is 12.1 Å². The lowest BCUT2D eigenvalue weighted by Crippen LogP contribution is -2.24.